The molecule has 3 heterocycles. The minimum absolute atomic E-state index is 0.115. The number of amides is 2. The molecular weight excluding hydrogens is 502 g/mol. The summed E-state index contributed by atoms with van der Waals surface area (Å²) >= 11 is 3.56. The summed E-state index contributed by atoms with van der Waals surface area (Å²) in [5, 5.41) is 6.27. The number of nitrogens with zero attached hydrogens (tertiary/aromatic N) is 2. The number of aromatic amines is 1. The SMILES string of the molecule is CC(C)(C)OC(=O)N[C@@H]1CCCN(c2c(Br)cnc3[nH]cc(NC(=O)CS(C)(=O)=O)c23)C1. The van der Waals surface area contributed by atoms with Crippen molar-refractivity contribution in [2.75, 3.05) is 35.3 Å². The van der Waals surface area contributed by atoms with Gasteiger partial charge >= 0.3 is 6.09 Å². The molecule has 0 radical (unpaired) electrons. The van der Waals surface area contributed by atoms with Crippen LogP contribution in [-0.4, -0.2) is 67.1 Å². The van der Waals surface area contributed by atoms with Crippen molar-refractivity contribution in [3.63, 3.8) is 0 Å². The topological polar surface area (TPSA) is 133 Å². The van der Waals surface area contributed by atoms with E-state index in [1.807, 2.05) is 20.8 Å². The Morgan fingerprint density at radius 3 is 2.75 bits per heavy atom. The third-order valence-electron chi connectivity index (χ3n) is 4.76. The van der Waals surface area contributed by atoms with Gasteiger partial charge in [0.15, 0.2) is 9.84 Å². The number of sulfone groups is 1. The van der Waals surface area contributed by atoms with E-state index in [1.54, 1.807) is 12.4 Å². The lowest BCUT2D eigenvalue weighted by molar-refractivity contribution is -0.113. The van der Waals surface area contributed by atoms with Crippen molar-refractivity contribution in [1.82, 2.24) is 15.3 Å². The molecule has 1 saturated heterocycles. The van der Waals surface area contributed by atoms with Crippen LogP contribution in [0.4, 0.5) is 16.2 Å². The highest BCUT2D eigenvalue weighted by Gasteiger charge is 2.28. The van der Waals surface area contributed by atoms with Crippen molar-refractivity contribution < 1.29 is 22.7 Å². The average molecular weight is 530 g/mol. The second kappa shape index (κ2) is 9.26. The van der Waals surface area contributed by atoms with Gasteiger partial charge in [-0.05, 0) is 49.5 Å². The van der Waals surface area contributed by atoms with Crippen molar-refractivity contribution >= 4 is 60.2 Å². The zero-order valence-corrected chi connectivity index (χ0v) is 20.9. The van der Waals surface area contributed by atoms with Crippen LogP contribution in [0.2, 0.25) is 0 Å². The first kappa shape index (κ1) is 24.3. The Labute approximate surface area is 195 Å². The molecule has 0 saturated carbocycles. The first-order valence-electron chi connectivity index (χ1n) is 10.2. The summed E-state index contributed by atoms with van der Waals surface area (Å²) in [7, 11) is -3.46. The number of alkyl carbamates (subject to hydrolysis) is 1. The summed E-state index contributed by atoms with van der Waals surface area (Å²) in [6, 6.07) is -0.115. The molecule has 1 aliphatic heterocycles. The van der Waals surface area contributed by atoms with Gasteiger partial charge in [-0.15, -0.1) is 0 Å². The van der Waals surface area contributed by atoms with E-state index in [4.69, 9.17) is 4.74 Å². The van der Waals surface area contributed by atoms with Crippen LogP contribution in [0.5, 0.6) is 0 Å². The molecule has 1 fully saturated rings. The maximum Gasteiger partial charge on any atom is 0.407 e. The van der Waals surface area contributed by atoms with Crippen molar-refractivity contribution in [3.05, 3.63) is 16.9 Å². The highest BCUT2D eigenvalue weighted by Crippen LogP contribution is 2.39. The fourth-order valence-electron chi connectivity index (χ4n) is 3.66. The molecule has 0 unspecified atom stereocenters. The van der Waals surface area contributed by atoms with Gasteiger partial charge in [-0.25, -0.2) is 18.2 Å². The van der Waals surface area contributed by atoms with Crippen molar-refractivity contribution in [3.8, 4) is 0 Å². The van der Waals surface area contributed by atoms with Gasteiger partial charge in [0.25, 0.3) is 0 Å². The van der Waals surface area contributed by atoms with Crippen LogP contribution in [0.25, 0.3) is 11.0 Å². The van der Waals surface area contributed by atoms with E-state index in [1.165, 1.54) is 0 Å². The first-order valence-corrected chi connectivity index (χ1v) is 13.1. The molecule has 2 amide bonds. The quantitative estimate of drug-likeness (QED) is 0.542. The highest BCUT2D eigenvalue weighted by atomic mass is 79.9. The standard InChI is InChI=1S/C20H28BrN5O5S/c1-20(2,3)31-19(28)24-12-6-5-7-26(10-12)17-13(21)8-22-18-16(17)14(9-23-18)25-15(27)11-32(4,29)30/h8-9,12H,5-7,10-11H2,1-4H3,(H,22,23)(H,24,28)(H,25,27)/t12-/m1/s1. The summed E-state index contributed by atoms with van der Waals surface area (Å²) in [5.74, 6) is -1.23. The molecule has 12 heteroatoms. The normalized spacial score (nSPS) is 17.3. The summed E-state index contributed by atoms with van der Waals surface area (Å²) in [5.41, 5.74) is 1.23. The van der Waals surface area contributed by atoms with Gasteiger partial charge in [0.1, 0.15) is 17.0 Å². The van der Waals surface area contributed by atoms with E-state index >= 15 is 0 Å². The summed E-state index contributed by atoms with van der Waals surface area (Å²) in [6.07, 6.45) is 5.47. The van der Waals surface area contributed by atoms with Crippen LogP contribution in [0.3, 0.4) is 0 Å². The van der Waals surface area contributed by atoms with Crippen molar-refractivity contribution in [1.29, 1.82) is 0 Å². The lowest BCUT2D eigenvalue weighted by atomic mass is 10.0. The molecule has 2 aromatic rings. The van der Waals surface area contributed by atoms with E-state index in [0.29, 0.717) is 23.3 Å². The number of carbonyl (C=O) groups is 2. The van der Waals surface area contributed by atoms with Gasteiger partial charge in [0.2, 0.25) is 5.91 Å². The fourth-order valence-corrected chi connectivity index (χ4v) is 4.76. The van der Waals surface area contributed by atoms with Crippen LogP contribution in [0.1, 0.15) is 33.6 Å². The molecule has 1 atom stereocenters. The number of aromatic nitrogens is 2. The van der Waals surface area contributed by atoms with Crippen LogP contribution < -0.4 is 15.5 Å². The molecule has 176 valence electrons. The van der Waals surface area contributed by atoms with Crippen LogP contribution in [0, 0.1) is 0 Å². The summed E-state index contributed by atoms with van der Waals surface area (Å²) < 4.78 is 29.0. The zero-order chi connectivity index (χ0) is 23.7. The molecule has 32 heavy (non-hydrogen) atoms. The number of anilines is 2. The number of halogens is 1. The number of nitrogens with one attached hydrogen (secondary N) is 3. The number of carbonyl (C=O) groups excluding carboxylic acids is 2. The minimum atomic E-state index is -3.46. The largest absolute Gasteiger partial charge is 0.444 e. The number of H-pyrrole nitrogens is 1. The van der Waals surface area contributed by atoms with Crippen LogP contribution >= 0.6 is 15.9 Å². The molecule has 0 aromatic carbocycles. The predicted octanol–water partition coefficient (Wildman–Crippen LogP) is 2.80. The van der Waals surface area contributed by atoms with Crippen molar-refractivity contribution in [2.24, 2.45) is 0 Å². The second-order valence-electron chi connectivity index (χ2n) is 8.93. The highest BCUT2D eigenvalue weighted by molar-refractivity contribution is 9.10. The number of hydrogen-bond acceptors (Lipinski definition) is 7. The Balaban J connectivity index is 1.86. The molecule has 2 aromatic heterocycles. The minimum Gasteiger partial charge on any atom is -0.444 e. The monoisotopic (exact) mass is 529 g/mol. The molecule has 10 nitrogen and oxygen atoms in total. The Kier molecular flexibility index (Phi) is 7.03. The number of piperidine rings is 1. The molecule has 0 bridgehead atoms. The molecule has 0 aliphatic carbocycles. The Morgan fingerprint density at radius 2 is 2.09 bits per heavy atom. The number of pyridine rings is 1. The van der Waals surface area contributed by atoms with Crippen LogP contribution in [0.15, 0.2) is 16.9 Å². The smallest absolute Gasteiger partial charge is 0.407 e. The van der Waals surface area contributed by atoms with E-state index in [9.17, 15) is 18.0 Å². The average Bonchev–Trinajstić information content (AvgIpc) is 3.01. The third kappa shape index (κ3) is 6.35. The summed E-state index contributed by atoms with van der Waals surface area (Å²) in [4.78, 5) is 33.9. The molecule has 0 spiro atoms. The van der Waals surface area contributed by atoms with Crippen LogP contribution in [-0.2, 0) is 19.4 Å². The van der Waals surface area contributed by atoms with E-state index < -0.39 is 33.2 Å². The lowest BCUT2D eigenvalue weighted by Crippen LogP contribution is -2.49. The van der Waals surface area contributed by atoms with E-state index in [2.05, 4.69) is 41.4 Å². The van der Waals surface area contributed by atoms with E-state index in [-0.39, 0.29) is 6.04 Å². The predicted molar refractivity (Wildman–Crippen MR) is 127 cm³/mol. The third-order valence-corrected chi connectivity index (χ3v) is 6.12. The lowest BCUT2D eigenvalue weighted by Gasteiger charge is -2.36. The number of ether oxygens (including phenoxy) is 1. The van der Waals surface area contributed by atoms with Gasteiger partial charge in [0.05, 0.1) is 21.2 Å². The van der Waals surface area contributed by atoms with Gasteiger partial charge in [-0.2, -0.15) is 0 Å². The zero-order valence-electron chi connectivity index (χ0n) is 18.5. The fraction of sp³-hybridized carbons (Fsp3) is 0.550. The second-order valence-corrected chi connectivity index (χ2v) is 11.9. The van der Waals surface area contributed by atoms with Gasteiger partial charge in [-0.3, -0.25) is 4.79 Å². The molecule has 3 N–H and O–H groups in total. The molecule has 1 aliphatic rings. The van der Waals surface area contributed by atoms with Gasteiger partial charge in [-0.1, -0.05) is 0 Å². The number of hydrogen-bond donors (Lipinski definition) is 3. The summed E-state index contributed by atoms with van der Waals surface area (Å²) in [6.45, 7) is 6.73. The molecule has 3 rings (SSSR count). The Morgan fingerprint density at radius 1 is 1.38 bits per heavy atom. The molecular formula is C20H28BrN5O5S. The van der Waals surface area contributed by atoms with E-state index in [0.717, 1.165) is 35.8 Å². The maximum absolute atomic E-state index is 12.2. The number of fused-ring (bicyclic) bond motifs is 1. The Bertz CT molecular complexity index is 1130. The van der Waals surface area contributed by atoms with Gasteiger partial charge in [0, 0.05) is 37.8 Å². The first-order chi connectivity index (χ1) is 14.8. The maximum atomic E-state index is 12.2. The van der Waals surface area contributed by atoms with Crippen molar-refractivity contribution in [2.45, 2.75) is 45.3 Å². The number of rotatable bonds is 5. The Hall–Kier alpha value is -2.34. The van der Waals surface area contributed by atoms with Gasteiger partial charge < -0.3 is 25.3 Å².